The first kappa shape index (κ1) is 95.1. The Morgan fingerprint density at radius 2 is 0.526 bits per heavy atom. The Labute approximate surface area is 594 Å². The Kier molecular flexibility index (Phi) is 68.4. The largest absolute Gasteiger partial charge is 0.472 e. The fraction of sp³-hybridized carbons (Fsp3) is 0.949. The van der Waals surface area contributed by atoms with E-state index in [-0.39, 0.29) is 25.7 Å². The molecular formula is C78H152O17P2. The number of esters is 4. The van der Waals surface area contributed by atoms with Gasteiger partial charge in [-0.2, -0.15) is 0 Å². The highest BCUT2D eigenvalue weighted by atomic mass is 31.2. The summed E-state index contributed by atoms with van der Waals surface area (Å²) in [6.07, 6.45) is 58.8. The Bertz CT molecular complexity index is 1870. The van der Waals surface area contributed by atoms with Crippen molar-refractivity contribution in [3.63, 3.8) is 0 Å². The van der Waals surface area contributed by atoms with Crippen LogP contribution in [0.1, 0.15) is 408 Å². The number of carbonyl (C=O) groups excluding carboxylic acids is 4. The lowest BCUT2D eigenvalue weighted by molar-refractivity contribution is -0.161. The van der Waals surface area contributed by atoms with E-state index in [1.165, 1.54) is 218 Å². The standard InChI is InChI=1S/C78H152O17P2/c1-7-10-12-14-15-16-17-18-19-20-24-27-30-33-38-43-49-55-61-76(81)89-67-74(95-77(82)62-56-50-44-39-34-31-28-25-22-21-23-26-29-32-37-42-48-53-59-71(6)9-3)69-93-97(86,87)91-65-72(79)64-90-96(84,85)92-68-73(66-88-75(80)60-54-46-13-11-8-2)94-78(83)63-57-51-45-40-35-36-41-47-52-58-70(4)5/h70-74,79H,7-69H2,1-6H3,(H,84,85)(H,86,87)/t71?,72-,73+,74+/m0/s1. The summed E-state index contributed by atoms with van der Waals surface area (Å²) < 4.78 is 68.3. The molecular weight excluding hydrogens is 1270 g/mol. The summed E-state index contributed by atoms with van der Waals surface area (Å²) in [6, 6.07) is 0. The number of hydrogen-bond acceptors (Lipinski definition) is 15. The van der Waals surface area contributed by atoms with Crippen LogP contribution in [0.4, 0.5) is 0 Å². The van der Waals surface area contributed by atoms with E-state index >= 15 is 0 Å². The molecule has 0 radical (unpaired) electrons. The van der Waals surface area contributed by atoms with Crippen LogP contribution in [0.3, 0.4) is 0 Å². The lowest BCUT2D eigenvalue weighted by Gasteiger charge is -2.21. The fourth-order valence-corrected chi connectivity index (χ4v) is 13.6. The Balaban J connectivity index is 5.11. The van der Waals surface area contributed by atoms with Gasteiger partial charge in [0.2, 0.25) is 0 Å². The minimum absolute atomic E-state index is 0.105. The van der Waals surface area contributed by atoms with Crippen LogP contribution in [-0.2, 0) is 65.4 Å². The minimum atomic E-state index is -4.96. The third kappa shape index (κ3) is 70.9. The first-order valence-electron chi connectivity index (χ1n) is 40.5. The maximum atomic E-state index is 13.1. The van der Waals surface area contributed by atoms with Crippen molar-refractivity contribution in [2.45, 2.75) is 426 Å². The molecule has 0 aromatic rings. The van der Waals surface area contributed by atoms with Gasteiger partial charge in [0.05, 0.1) is 26.4 Å². The summed E-state index contributed by atoms with van der Waals surface area (Å²) in [6.45, 7) is 9.56. The summed E-state index contributed by atoms with van der Waals surface area (Å²) in [5.74, 6) is -0.518. The average molecular weight is 1420 g/mol. The molecule has 0 saturated heterocycles. The molecule has 0 spiro atoms. The third-order valence-electron chi connectivity index (χ3n) is 18.6. The van der Waals surface area contributed by atoms with Gasteiger partial charge in [-0.1, -0.05) is 356 Å². The van der Waals surface area contributed by atoms with Crippen LogP contribution in [0.5, 0.6) is 0 Å². The molecule has 0 aromatic heterocycles. The first-order valence-corrected chi connectivity index (χ1v) is 43.5. The summed E-state index contributed by atoms with van der Waals surface area (Å²) in [7, 11) is -9.90. The summed E-state index contributed by atoms with van der Waals surface area (Å²) in [5.41, 5.74) is 0. The van der Waals surface area contributed by atoms with E-state index in [9.17, 15) is 43.2 Å². The minimum Gasteiger partial charge on any atom is -0.462 e. The van der Waals surface area contributed by atoms with Gasteiger partial charge in [-0.25, -0.2) is 9.13 Å². The average Bonchev–Trinajstić information content (AvgIpc) is 1.62. The molecule has 0 bridgehead atoms. The summed E-state index contributed by atoms with van der Waals surface area (Å²) >= 11 is 0. The Morgan fingerprint density at radius 1 is 0.299 bits per heavy atom. The lowest BCUT2D eigenvalue weighted by Crippen LogP contribution is -2.30. The van der Waals surface area contributed by atoms with Crippen molar-refractivity contribution in [2.24, 2.45) is 11.8 Å². The zero-order valence-corrected chi connectivity index (χ0v) is 65.2. The van der Waals surface area contributed by atoms with Crippen molar-refractivity contribution in [3.05, 3.63) is 0 Å². The predicted octanol–water partition coefficient (Wildman–Crippen LogP) is 23.1. The number of rotatable bonds is 77. The van der Waals surface area contributed by atoms with Crippen molar-refractivity contribution in [2.75, 3.05) is 39.6 Å². The highest BCUT2D eigenvalue weighted by Crippen LogP contribution is 2.45. The molecule has 0 rings (SSSR count). The van der Waals surface area contributed by atoms with Crippen LogP contribution in [0.25, 0.3) is 0 Å². The monoisotopic (exact) mass is 1420 g/mol. The smallest absolute Gasteiger partial charge is 0.462 e. The van der Waals surface area contributed by atoms with E-state index in [1.54, 1.807) is 0 Å². The molecule has 0 aliphatic rings. The normalized spacial score (nSPS) is 14.2. The van der Waals surface area contributed by atoms with Gasteiger partial charge in [-0.15, -0.1) is 0 Å². The Morgan fingerprint density at radius 3 is 0.784 bits per heavy atom. The van der Waals surface area contributed by atoms with E-state index in [4.69, 9.17) is 37.0 Å². The topological polar surface area (TPSA) is 237 Å². The quantitative estimate of drug-likeness (QED) is 0.0222. The predicted molar refractivity (Wildman–Crippen MR) is 395 cm³/mol. The summed E-state index contributed by atoms with van der Waals surface area (Å²) in [5, 5.41) is 10.6. The van der Waals surface area contributed by atoms with Crippen LogP contribution in [0, 0.1) is 11.8 Å². The molecule has 0 aliphatic heterocycles. The molecule has 97 heavy (non-hydrogen) atoms. The number of phosphoric ester groups is 2. The Hall–Kier alpha value is -1.94. The van der Waals surface area contributed by atoms with Gasteiger partial charge < -0.3 is 33.8 Å². The number of carbonyl (C=O) groups is 4. The van der Waals surface area contributed by atoms with Crippen molar-refractivity contribution in [3.8, 4) is 0 Å². The number of unbranched alkanes of at least 4 members (excludes halogenated alkanes) is 46. The van der Waals surface area contributed by atoms with Crippen molar-refractivity contribution in [1.29, 1.82) is 0 Å². The summed E-state index contributed by atoms with van der Waals surface area (Å²) in [4.78, 5) is 72.6. The van der Waals surface area contributed by atoms with E-state index in [2.05, 4.69) is 41.5 Å². The number of ether oxygens (including phenoxy) is 4. The van der Waals surface area contributed by atoms with E-state index in [0.29, 0.717) is 25.7 Å². The van der Waals surface area contributed by atoms with Gasteiger partial charge in [0, 0.05) is 25.7 Å². The number of phosphoric acid groups is 2. The maximum absolute atomic E-state index is 13.1. The second-order valence-corrected chi connectivity index (χ2v) is 31.7. The van der Waals surface area contributed by atoms with Gasteiger partial charge in [0.15, 0.2) is 12.2 Å². The second kappa shape index (κ2) is 69.8. The van der Waals surface area contributed by atoms with Gasteiger partial charge in [0.1, 0.15) is 19.3 Å². The second-order valence-electron chi connectivity index (χ2n) is 28.8. The number of aliphatic hydroxyl groups excluding tert-OH is 1. The van der Waals surface area contributed by atoms with Crippen LogP contribution >= 0.6 is 15.6 Å². The highest BCUT2D eigenvalue weighted by molar-refractivity contribution is 7.47. The van der Waals surface area contributed by atoms with Gasteiger partial charge in [-0.05, 0) is 37.5 Å². The molecule has 0 saturated carbocycles. The van der Waals surface area contributed by atoms with E-state index < -0.39 is 97.5 Å². The molecule has 17 nitrogen and oxygen atoms in total. The van der Waals surface area contributed by atoms with Crippen molar-refractivity contribution in [1.82, 2.24) is 0 Å². The molecule has 0 amide bonds. The zero-order chi connectivity index (χ0) is 71.4. The van der Waals surface area contributed by atoms with Gasteiger partial charge in [-0.3, -0.25) is 37.3 Å². The molecule has 6 atom stereocenters. The van der Waals surface area contributed by atoms with Crippen molar-refractivity contribution < 1.29 is 80.2 Å². The van der Waals surface area contributed by atoms with E-state index in [1.807, 2.05) is 0 Å². The first-order chi connectivity index (χ1) is 46.9. The molecule has 0 aliphatic carbocycles. The maximum Gasteiger partial charge on any atom is 0.472 e. The van der Waals surface area contributed by atoms with Crippen LogP contribution in [-0.4, -0.2) is 96.7 Å². The van der Waals surface area contributed by atoms with E-state index in [0.717, 1.165) is 108 Å². The molecule has 3 N–H and O–H groups in total. The number of aliphatic hydroxyl groups is 1. The van der Waals surface area contributed by atoms with Crippen LogP contribution < -0.4 is 0 Å². The number of hydrogen-bond donors (Lipinski definition) is 3. The van der Waals surface area contributed by atoms with Crippen LogP contribution in [0.15, 0.2) is 0 Å². The molecule has 3 unspecified atom stereocenters. The van der Waals surface area contributed by atoms with Gasteiger partial charge >= 0.3 is 39.5 Å². The van der Waals surface area contributed by atoms with Gasteiger partial charge in [0.25, 0.3) is 0 Å². The lowest BCUT2D eigenvalue weighted by atomic mass is 9.99. The fourth-order valence-electron chi connectivity index (χ4n) is 12.0. The third-order valence-corrected chi connectivity index (χ3v) is 20.5. The zero-order valence-electron chi connectivity index (χ0n) is 63.4. The van der Waals surface area contributed by atoms with Crippen LogP contribution in [0.2, 0.25) is 0 Å². The molecule has 0 fully saturated rings. The molecule has 19 heteroatoms. The molecule has 0 heterocycles. The molecule has 0 aromatic carbocycles. The highest BCUT2D eigenvalue weighted by Gasteiger charge is 2.30. The SMILES string of the molecule is CCCCCCCCCCCCCCCCCCCCC(=O)OC[C@H](COP(=O)(O)OC[C@@H](O)COP(=O)(O)OC[C@@H](COC(=O)CCCCCCC)OC(=O)CCCCCCCCCCCC(C)C)OC(=O)CCCCCCCCCCCCCCCCCCCCC(C)CC. The van der Waals surface area contributed by atoms with Crippen molar-refractivity contribution >= 4 is 39.5 Å². The molecule has 576 valence electrons.